The molecule has 0 saturated carbocycles. The lowest BCUT2D eigenvalue weighted by Gasteiger charge is -2.16. The first-order valence-electron chi connectivity index (χ1n) is 6.80. The molecule has 1 aliphatic rings. The van der Waals surface area contributed by atoms with Crippen molar-refractivity contribution in [3.05, 3.63) is 46.6 Å². The van der Waals surface area contributed by atoms with Crippen molar-refractivity contribution in [3.8, 4) is 11.5 Å². The van der Waals surface area contributed by atoms with Crippen molar-refractivity contribution in [3.63, 3.8) is 0 Å². The Kier molecular flexibility index (Phi) is 4.31. The van der Waals surface area contributed by atoms with Crippen molar-refractivity contribution in [1.82, 2.24) is 0 Å². The molecule has 0 fully saturated rings. The summed E-state index contributed by atoms with van der Waals surface area (Å²) in [6, 6.07) is 3.58. The van der Waals surface area contributed by atoms with Gasteiger partial charge in [0.25, 0.3) is 0 Å². The van der Waals surface area contributed by atoms with E-state index in [2.05, 4.69) is 26.0 Å². The molecule has 1 aromatic rings. The van der Waals surface area contributed by atoms with Gasteiger partial charge in [-0.3, -0.25) is 0 Å². The maximum atomic E-state index is 10.1. The third kappa shape index (κ3) is 3.19. The summed E-state index contributed by atoms with van der Waals surface area (Å²) in [6.07, 6.45) is 8.32. The summed E-state index contributed by atoms with van der Waals surface area (Å²) in [5, 5.41) is 10.1. The van der Waals surface area contributed by atoms with Crippen LogP contribution in [0.2, 0.25) is 0 Å². The molecule has 0 aromatic heterocycles. The highest BCUT2D eigenvalue weighted by molar-refractivity contribution is 5.50. The van der Waals surface area contributed by atoms with Crippen LogP contribution >= 0.6 is 0 Å². The van der Waals surface area contributed by atoms with E-state index in [9.17, 15) is 5.11 Å². The quantitative estimate of drug-likeness (QED) is 0.766. The van der Waals surface area contributed by atoms with Gasteiger partial charge in [0.15, 0.2) is 0 Å². The van der Waals surface area contributed by atoms with Gasteiger partial charge in [0.2, 0.25) is 0 Å². The highest BCUT2D eigenvalue weighted by Gasteiger charge is 2.14. The van der Waals surface area contributed by atoms with E-state index in [0.29, 0.717) is 5.75 Å². The van der Waals surface area contributed by atoms with Crippen LogP contribution in [-0.2, 0) is 12.8 Å². The second kappa shape index (κ2) is 5.96. The Hall–Kier alpha value is -1.70. The molecule has 2 rings (SSSR count). The first-order chi connectivity index (χ1) is 9.11. The number of benzene rings is 1. The van der Waals surface area contributed by atoms with Gasteiger partial charge in [0.1, 0.15) is 11.5 Å². The largest absolute Gasteiger partial charge is 0.508 e. The molecule has 1 aliphatic carbocycles. The fraction of sp³-hybridized carbons (Fsp3) is 0.412. The maximum Gasteiger partial charge on any atom is 0.122 e. The van der Waals surface area contributed by atoms with Gasteiger partial charge in [0.05, 0.1) is 7.11 Å². The Balaban J connectivity index is 2.53. The molecule has 102 valence electrons. The van der Waals surface area contributed by atoms with Gasteiger partial charge in [-0.25, -0.2) is 0 Å². The molecule has 2 heteroatoms. The van der Waals surface area contributed by atoms with Gasteiger partial charge >= 0.3 is 0 Å². The second-order valence-electron chi connectivity index (χ2n) is 5.26. The molecule has 1 N–H and O–H groups in total. The van der Waals surface area contributed by atoms with E-state index in [1.54, 1.807) is 13.2 Å². The number of allylic oxidation sites excluding steroid dienone is 4. The number of hydrogen-bond acceptors (Lipinski definition) is 2. The van der Waals surface area contributed by atoms with Crippen LogP contribution in [0.3, 0.4) is 0 Å². The van der Waals surface area contributed by atoms with E-state index < -0.39 is 0 Å². The predicted molar refractivity (Wildman–Crippen MR) is 78.8 cm³/mol. The van der Waals surface area contributed by atoms with Crippen molar-refractivity contribution in [2.24, 2.45) is 0 Å². The summed E-state index contributed by atoms with van der Waals surface area (Å²) in [5.74, 6) is 1.24. The first kappa shape index (κ1) is 13.7. The van der Waals surface area contributed by atoms with Gasteiger partial charge in [-0.05, 0) is 51.7 Å². The molecule has 0 bridgehead atoms. The molecular weight excluding hydrogens is 236 g/mol. The van der Waals surface area contributed by atoms with E-state index >= 15 is 0 Å². The molecule has 0 unspecified atom stereocenters. The standard InChI is InChI=1S/C17H22O2/c1-12-5-4-6-13(2)11-15-14(8-7-12)17(19-3)10-9-16(15)18/h6-7,9-10,18H,4-5,8,11H2,1-3H3/b12-7+,13-6+. The zero-order valence-electron chi connectivity index (χ0n) is 12.0. The minimum atomic E-state index is 0.371. The van der Waals surface area contributed by atoms with Crippen LogP contribution in [0.1, 0.15) is 37.8 Å². The summed E-state index contributed by atoms with van der Waals surface area (Å²) in [4.78, 5) is 0. The Morgan fingerprint density at radius 3 is 2.58 bits per heavy atom. The van der Waals surface area contributed by atoms with Gasteiger partial charge in [-0.1, -0.05) is 23.3 Å². The number of aromatic hydroxyl groups is 1. The SMILES string of the molecule is COc1ccc(O)c2c1C/C=C(\C)CC/C=C(\C)C2. The summed E-state index contributed by atoms with van der Waals surface area (Å²) >= 11 is 0. The van der Waals surface area contributed by atoms with Gasteiger partial charge < -0.3 is 9.84 Å². The highest BCUT2D eigenvalue weighted by Crippen LogP contribution is 2.33. The van der Waals surface area contributed by atoms with Crippen molar-refractivity contribution in [2.45, 2.75) is 39.5 Å². The Labute approximate surface area is 115 Å². The van der Waals surface area contributed by atoms with Crippen LogP contribution in [0.5, 0.6) is 11.5 Å². The van der Waals surface area contributed by atoms with Crippen molar-refractivity contribution >= 4 is 0 Å². The smallest absolute Gasteiger partial charge is 0.122 e. The molecule has 0 spiro atoms. The lowest BCUT2D eigenvalue weighted by molar-refractivity contribution is 0.406. The number of methoxy groups -OCH3 is 1. The molecule has 0 heterocycles. The number of ether oxygens (including phenoxy) is 1. The number of phenols is 1. The highest BCUT2D eigenvalue weighted by atomic mass is 16.5. The number of fused-ring (bicyclic) bond motifs is 1. The average molecular weight is 258 g/mol. The zero-order valence-corrected chi connectivity index (χ0v) is 12.0. The van der Waals surface area contributed by atoms with E-state index in [1.165, 1.54) is 11.1 Å². The second-order valence-corrected chi connectivity index (χ2v) is 5.26. The molecule has 0 atom stereocenters. The maximum absolute atomic E-state index is 10.1. The van der Waals surface area contributed by atoms with Crippen molar-refractivity contribution in [2.75, 3.05) is 7.11 Å². The zero-order chi connectivity index (χ0) is 13.8. The number of hydrogen-bond donors (Lipinski definition) is 1. The minimum Gasteiger partial charge on any atom is -0.508 e. The molecule has 0 aliphatic heterocycles. The molecule has 0 saturated heterocycles. The van der Waals surface area contributed by atoms with Gasteiger partial charge in [0, 0.05) is 11.1 Å². The number of rotatable bonds is 1. The molecule has 1 aromatic carbocycles. The Bertz CT molecular complexity index is 524. The van der Waals surface area contributed by atoms with E-state index in [1.807, 2.05) is 6.07 Å². The molecular formula is C17H22O2. The molecule has 19 heavy (non-hydrogen) atoms. The normalized spacial score (nSPS) is 21.6. The first-order valence-corrected chi connectivity index (χ1v) is 6.80. The van der Waals surface area contributed by atoms with Crippen molar-refractivity contribution in [1.29, 1.82) is 0 Å². The lowest BCUT2D eigenvalue weighted by atomic mass is 9.93. The Morgan fingerprint density at radius 2 is 1.84 bits per heavy atom. The van der Waals surface area contributed by atoms with Crippen LogP contribution in [-0.4, -0.2) is 12.2 Å². The van der Waals surface area contributed by atoms with Crippen LogP contribution in [0.25, 0.3) is 0 Å². The monoisotopic (exact) mass is 258 g/mol. The molecule has 0 amide bonds. The fourth-order valence-electron chi connectivity index (χ4n) is 2.55. The van der Waals surface area contributed by atoms with E-state index in [-0.39, 0.29) is 0 Å². The molecule has 2 nitrogen and oxygen atoms in total. The summed E-state index contributed by atoms with van der Waals surface area (Å²) < 4.78 is 5.45. The van der Waals surface area contributed by atoms with Gasteiger partial charge in [-0.15, -0.1) is 0 Å². The predicted octanol–water partition coefficient (Wildman–Crippen LogP) is 4.17. The van der Waals surface area contributed by atoms with Crippen LogP contribution < -0.4 is 4.74 Å². The van der Waals surface area contributed by atoms with E-state index in [0.717, 1.165) is 42.6 Å². The minimum absolute atomic E-state index is 0.371. The third-order valence-corrected chi connectivity index (χ3v) is 3.73. The van der Waals surface area contributed by atoms with Crippen molar-refractivity contribution < 1.29 is 9.84 Å². The summed E-state index contributed by atoms with van der Waals surface area (Å²) in [5.41, 5.74) is 4.80. The van der Waals surface area contributed by atoms with E-state index in [4.69, 9.17) is 4.74 Å². The fourth-order valence-corrected chi connectivity index (χ4v) is 2.55. The van der Waals surface area contributed by atoms with Crippen LogP contribution in [0, 0.1) is 0 Å². The van der Waals surface area contributed by atoms with Gasteiger partial charge in [-0.2, -0.15) is 0 Å². The summed E-state index contributed by atoms with van der Waals surface area (Å²) in [7, 11) is 1.69. The third-order valence-electron chi connectivity index (χ3n) is 3.73. The lowest BCUT2D eigenvalue weighted by Crippen LogP contribution is -2.01. The average Bonchev–Trinajstić information content (AvgIpc) is 2.39. The summed E-state index contributed by atoms with van der Waals surface area (Å²) in [6.45, 7) is 4.29. The Morgan fingerprint density at radius 1 is 1.05 bits per heavy atom. The van der Waals surface area contributed by atoms with Crippen LogP contribution in [0.15, 0.2) is 35.4 Å². The molecule has 0 radical (unpaired) electrons. The number of phenolic OH excluding ortho intramolecular Hbond substituents is 1. The van der Waals surface area contributed by atoms with Crippen LogP contribution in [0.4, 0.5) is 0 Å². The topological polar surface area (TPSA) is 29.5 Å².